The topological polar surface area (TPSA) is 87.8 Å². The van der Waals surface area contributed by atoms with E-state index >= 15 is 0 Å². The average Bonchev–Trinajstić information content (AvgIpc) is 3.40. The number of aromatic nitrogens is 3. The first-order valence-corrected chi connectivity index (χ1v) is 9.52. The van der Waals surface area contributed by atoms with Crippen molar-refractivity contribution in [2.75, 3.05) is 6.61 Å². The minimum Gasteiger partial charge on any atom is -0.452 e. The Kier molecular flexibility index (Phi) is 4.37. The van der Waals surface area contributed by atoms with Gasteiger partial charge in [0.1, 0.15) is 0 Å². The van der Waals surface area contributed by atoms with Crippen molar-refractivity contribution in [2.45, 2.75) is 0 Å². The van der Waals surface area contributed by atoms with Gasteiger partial charge in [0.05, 0.1) is 16.8 Å². The lowest BCUT2D eigenvalue weighted by Crippen LogP contribution is -2.15. The fourth-order valence-corrected chi connectivity index (χ4v) is 3.64. The number of hydrogen-bond acceptors (Lipinski definition) is 4. The molecule has 2 N–H and O–H groups in total. The number of benzene rings is 3. The summed E-state index contributed by atoms with van der Waals surface area (Å²) >= 11 is 0. The number of aromatic amines is 2. The summed E-state index contributed by atoms with van der Waals surface area (Å²) in [5.41, 5.74) is 3.87. The fraction of sp³-hybridized carbons (Fsp3) is 0.0417. The molecule has 0 aliphatic heterocycles. The Morgan fingerprint density at radius 2 is 1.47 bits per heavy atom. The number of Topliss-reactive ketones (excluding diaryl/α,β-unsaturated/α-hetero) is 1. The molecule has 0 unspecified atom stereocenters. The van der Waals surface area contributed by atoms with Crippen molar-refractivity contribution >= 4 is 33.6 Å². The first-order valence-electron chi connectivity index (χ1n) is 9.52. The van der Waals surface area contributed by atoms with Crippen LogP contribution in [0.25, 0.3) is 33.1 Å². The normalized spacial score (nSPS) is 11.1. The van der Waals surface area contributed by atoms with Gasteiger partial charge >= 0.3 is 5.97 Å². The highest BCUT2D eigenvalue weighted by molar-refractivity contribution is 6.14. The highest BCUT2D eigenvalue weighted by Crippen LogP contribution is 2.30. The lowest BCUT2D eigenvalue weighted by Gasteiger charge is -2.06. The van der Waals surface area contributed by atoms with Gasteiger partial charge in [-0.2, -0.15) is 5.10 Å². The minimum absolute atomic E-state index is 0.167. The molecule has 0 saturated carbocycles. The van der Waals surface area contributed by atoms with Gasteiger partial charge < -0.3 is 9.72 Å². The molecule has 0 aliphatic rings. The Labute approximate surface area is 171 Å². The zero-order valence-corrected chi connectivity index (χ0v) is 15.9. The SMILES string of the molecule is O=C(OCC(=O)c1c(-c2ccccc2)[nH]c2ccccc12)c1n[nH]c2ccccc12. The maximum atomic E-state index is 13.1. The van der Waals surface area contributed by atoms with Crippen LogP contribution in [-0.4, -0.2) is 33.5 Å². The van der Waals surface area contributed by atoms with Crippen molar-refractivity contribution in [2.24, 2.45) is 0 Å². The molecule has 6 heteroatoms. The Morgan fingerprint density at radius 3 is 2.27 bits per heavy atom. The molecule has 30 heavy (non-hydrogen) atoms. The van der Waals surface area contributed by atoms with Crippen LogP contribution in [0.15, 0.2) is 78.9 Å². The average molecular weight is 395 g/mol. The minimum atomic E-state index is -0.637. The van der Waals surface area contributed by atoms with E-state index in [0.717, 1.165) is 22.0 Å². The van der Waals surface area contributed by atoms with Gasteiger partial charge in [-0.3, -0.25) is 9.89 Å². The molecule has 0 radical (unpaired) electrons. The van der Waals surface area contributed by atoms with Gasteiger partial charge in [-0.05, 0) is 17.7 Å². The summed E-state index contributed by atoms with van der Waals surface area (Å²) in [5, 5.41) is 8.29. The smallest absolute Gasteiger partial charge is 0.359 e. The molecule has 0 fully saturated rings. The molecule has 0 bridgehead atoms. The van der Waals surface area contributed by atoms with Gasteiger partial charge in [0.15, 0.2) is 12.3 Å². The second-order valence-electron chi connectivity index (χ2n) is 6.90. The molecule has 0 spiro atoms. The van der Waals surface area contributed by atoms with Crippen molar-refractivity contribution in [3.63, 3.8) is 0 Å². The Balaban J connectivity index is 1.46. The fourth-order valence-electron chi connectivity index (χ4n) is 3.64. The van der Waals surface area contributed by atoms with E-state index in [4.69, 9.17) is 4.74 Å². The van der Waals surface area contributed by atoms with Crippen LogP contribution < -0.4 is 0 Å². The number of esters is 1. The number of ketones is 1. The maximum absolute atomic E-state index is 13.1. The molecule has 0 atom stereocenters. The third kappa shape index (κ3) is 3.04. The number of H-pyrrole nitrogens is 2. The molecule has 5 aromatic rings. The van der Waals surface area contributed by atoms with Crippen LogP contribution in [-0.2, 0) is 4.74 Å². The molecule has 3 aromatic carbocycles. The number of carbonyl (C=O) groups is 2. The zero-order valence-electron chi connectivity index (χ0n) is 15.9. The van der Waals surface area contributed by atoms with E-state index in [1.54, 1.807) is 6.07 Å². The number of para-hydroxylation sites is 2. The molecule has 0 amide bonds. The van der Waals surface area contributed by atoms with E-state index in [1.807, 2.05) is 72.8 Å². The lowest BCUT2D eigenvalue weighted by atomic mass is 10.0. The van der Waals surface area contributed by atoms with Crippen LogP contribution >= 0.6 is 0 Å². The number of rotatable bonds is 5. The number of carbonyl (C=O) groups excluding carboxylic acids is 2. The molecular weight excluding hydrogens is 378 g/mol. The summed E-state index contributed by atoms with van der Waals surface area (Å²) in [6.45, 7) is -0.373. The van der Waals surface area contributed by atoms with Crippen molar-refractivity contribution in [1.29, 1.82) is 0 Å². The second kappa shape index (κ2) is 7.33. The zero-order chi connectivity index (χ0) is 20.5. The summed E-state index contributed by atoms with van der Waals surface area (Å²) in [6, 6.07) is 24.5. The molecular formula is C24H17N3O3. The van der Waals surface area contributed by atoms with Gasteiger partial charge in [-0.25, -0.2) is 4.79 Å². The van der Waals surface area contributed by atoms with Crippen LogP contribution in [0.5, 0.6) is 0 Å². The van der Waals surface area contributed by atoms with E-state index < -0.39 is 5.97 Å². The quantitative estimate of drug-likeness (QED) is 0.332. The van der Waals surface area contributed by atoms with Gasteiger partial charge in [-0.1, -0.05) is 66.7 Å². The molecule has 5 rings (SSSR count). The Bertz CT molecular complexity index is 1380. The van der Waals surface area contributed by atoms with E-state index in [1.165, 1.54) is 0 Å². The molecule has 6 nitrogen and oxygen atoms in total. The number of ether oxygens (including phenoxy) is 1. The maximum Gasteiger partial charge on any atom is 0.359 e. The van der Waals surface area contributed by atoms with Crippen molar-refractivity contribution < 1.29 is 14.3 Å². The van der Waals surface area contributed by atoms with Gasteiger partial charge in [-0.15, -0.1) is 0 Å². The molecule has 0 aliphatic carbocycles. The van der Waals surface area contributed by atoms with E-state index in [0.29, 0.717) is 16.6 Å². The highest BCUT2D eigenvalue weighted by atomic mass is 16.5. The predicted octanol–water partition coefficient (Wildman–Crippen LogP) is 4.75. The molecule has 2 heterocycles. The van der Waals surface area contributed by atoms with E-state index in [9.17, 15) is 9.59 Å². The summed E-state index contributed by atoms with van der Waals surface area (Å²) in [5.74, 6) is -0.915. The highest BCUT2D eigenvalue weighted by Gasteiger charge is 2.22. The van der Waals surface area contributed by atoms with Gasteiger partial charge in [0, 0.05) is 16.3 Å². The predicted molar refractivity (Wildman–Crippen MR) is 114 cm³/mol. The van der Waals surface area contributed by atoms with Crippen LogP contribution in [0.2, 0.25) is 0 Å². The molecule has 146 valence electrons. The van der Waals surface area contributed by atoms with Gasteiger partial charge in [0.25, 0.3) is 0 Å². The van der Waals surface area contributed by atoms with Crippen molar-refractivity contribution in [1.82, 2.24) is 15.2 Å². The third-order valence-corrected chi connectivity index (χ3v) is 5.05. The van der Waals surface area contributed by atoms with Crippen molar-refractivity contribution in [3.8, 4) is 11.3 Å². The number of fused-ring (bicyclic) bond motifs is 2. The first-order chi connectivity index (χ1) is 14.7. The lowest BCUT2D eigenvalue weighted by molar-refractivity contribution is 0.0471. The van der Waals surface area contributed by atoms with Gasteiger partial charge in [0.2, 0.25) is 5.78 Å². The molecule has 2 aromatic heterocycles. The second-order valence-corrected chi connectivity index (χ2v) is 6.90. The monoisotopic (exact) mass is 395 g/mol. The van der Waals surface area contributed by atoms with Crippen LogP contribution in [0.3, 0.4) is 0 Å². The molecule has 0 saturated heterocycles. The third-order valence-electron chi connectivity index (χ3n) is 5.05. The number of nitrogens with zero attached hydrogens (tertiary/aromatic N) is 1. The number of nitrogens with one attached hydrogen (secondary N) is 2. The standard InChI is InChI=1S/C24H17N3O3/c28-20(14-30-24(29)23-17-11-5-7-13-19(17)26-27-23)21-16-10-4-6-12-18(16)25-22(21)15-8-2-1-3-9-15/h1-13,25H,14H2,(H,26,27). The summed E-state index contributed by atoms with van der Waals surface area (Å²) in [7, 11) is 0. The Morgan fingerprint density at radius 1 is 0.800 bits per heavy atom. The summed E-state index contributed by atoms with van der Waals surface area (Å²) in [4.78, 5) is 29.0. The summed E-state index contributed by atoms with van der Waals surface area (Å²) < 4.78 is 5.34. The first kappa shape index (κ1) is 17.9. The van der Waals surface area contributed by atoms with Crippen molar-refractivity contribution in [3.05, 3.63) is 90.1 Å². The summed E-state index contributed by atoms with van der Waals surface area (Å²) in [6.07, 6.45) is 0. The van der Waals surface area contributed by atoms with Crippen LogP contribution in [0, 0.1) is 0 Å². The van der Waals surface area contributed by atoms with Crippen LogP contribution in [0.1, 0.15) is 20.8 Å². The number of hydrogen-bond donors (Lipinski definition) is 2. The largest absolute Gasteiger partial charge is 0.452 e. The van der Waals surface area contributed by atoms with E-state index in [2.05, 4.69) is 15.2 Å². The van der Waals surface area contributed by atoms with E-state index in [-0.39, 0.29) is 18.1 Å². The van der Waals surface area contributed by atoms with Crippen LogP contribution in [0.4, 0.5) is 0 Å². The Hall–Kier alpha value is -4.19.